The van der Waals surface area contributed by atoms with Gasteiger partial charge < -0.3 is 9.84 Å². The van der Waals surface area contributed by atoms with Gasteiger partial charge >= 0.3 is 5.97 Å². The second-order valence-corrected chi connectivity index (χ2v) is 2.22. The van der Waals surface area contributed by atoms with Crippen LogP contribution in [0.4, 0.5) is 0 Å². The van der Waals surface area contributed by atoms with Crippen molar-refractivity contribution in [2.75, 3.05) is 6.61 Å². The van der Waals surface area contributed by atoms with Crippen molar-refractivity contribution in [3.63, 3.8) is 0 Å². The average molecular weight is 158 g/mol. The van der Waals surface area contributed by atoms with Gasteiger partial charge in [-0.2, -0.15) is 0 Å². The Morgan fingerprint density at radius 1 is 1.82 bits per heavy atom. The summed E-state index contributed by atoms with van der Waals surface area (Å²) in [6.45, 7) is 5.86. The summed E-state index contributed by atoms with van der Waals surface area (Å²) in [7, 11) is 0. The molecule has 0 saturated heterocycles. The van der Waals surface area contributed by atoms with Crippen molar-refractivity contribution in [3.8, 4) is 0 Å². The minimum atomic E-state index is -0.976. The van der Waals surface area contributed by atoms with Gasteiger partial charge in [0.15, 0.2) is 6.10 Å². The predicted octanol–water partition coefficient (Wildman–Crippen LogP) is 1.44. The number of hydrogen-bond donors (Lipinski definition) is 1. The molecule has 3 heteroatoms. The average Bonchev–Trinajstić information content (AvgIpc) is 1.97. The lowest BCUT2D eigenvalue weighted by Gasteiger charge is -2.07. The van der Waals surface area contributed by atoms with Crippen LogP contribution < -0.4 is 0 Å². The van der Waals surface area contributed by atoms with Crippen LogP contribution in [-0.4, -0.2) is 23.8 Å². The first-order chi connectivity index (χ1) is 5.22. The Kier molecular flexibility index (Phi) is 5.47. The molecule has 0 heterocycles. The number of unbranched alkanes of at least 4 members (excludes halogenated alkanes) is 1. The molecule has 0 amide bonds. The first-order valence-corrected chi connectivity index (χ1v) is 3.69. The third kappa shape index (κ3) is 4.56. The zero-order chi connectivity index (χ0) is 8.69. The van der Waals surface area contributed by atoms with Crippen LogP contribution in [0.3, 0.4) is 0 Å². The minimum Gasteiger partial charge on any atom is -0.479 e. The fraction of sp³-hybridized carbons (Fsp3) is 0.625. The van der Waals surface area contributed by atoms with Gasteiger partial charge in [0.25, 0.3) is 0 Å². The van der Waals surface area contributed by atoms with Crippen molar-refractivity contribution in [1.82, 2.24) is 0 Å². The number of carboxylic acid groups (broad SMARTS) is 1. The normalized spacial score (nSPS) is 12.5. The zero-order valence-corrected chi connectivity index (χ0v) is 6.75. The smallest absolute Gasteiger partial charge is 0.336 e. The van der Waals surface area contributed by atoms with Gasteiger partial charge in [0.2, 0.25) is 0 Å². The van der Waals surface area contributed by atoms with Gasteiger partial charge in [-0.15, -0.1) is 0 Å². The molecule has 0 aromatic carbocycles. The number of ether oxygens (including phenoxy) is 1. The van der Waals surface area contributed by atoms with E-state index in [-0.39, 0.29) is 0 Å². The standard InChI is InChI=1S/C8H14O3/c1-3-5-6-11-7(4-2)8(9)10/h4,7H,2-3,5-6H2,1H3,(H,9,10). The largest absolute Gasteiger partial charge is 0.479 e. The number of carboxylic acids is 1. The van der Waals surface area contributed by atoms with E-state index in [1.165, 1.54) is 6.08 Å². The van der Waals surface area contributed by atoms with E-state index in [1.807, 2.05) is 6.92 Å². The van der Waals surface area contributed by atoms with Crippen molar-refractivity contribution < 1.29 is 14.6 Å². The highest BCUT2D eigenvalue weighted by Gasteiger charge is 2.11. The molecule has 0 aliphatic heterocycles. The number of carbonyl (C=O) groups is 1. The fourth-order valence-electron chi connectivity index (χ4n) is 0.595. The van der Waals surface area contributed by atoms with E-state index in [2.05, 4.69) is 6.58 Å². The lowest BCUT2D eigenvalue weighted by atomic mass is 10.3. The Hall–Kier alpha value is -0.830. The van der Waals surface area contributed by atoms with E-state index in [4.69, 9.17) is 9.84 Å². The molecule has 0 fully saturated rings. The Balaban J connectivity index is 3.52. The molecule has 1 N–H and O–H groups in total. The molecular weight excluding hydrogens is 144 g/mol. The van der Waals surface area contributed by atoms with E-state index < -0.39 is 12.1 Å². The van der Waals surface area contributed by atoms with Gasteiger partial charge in [-0.1, -0.05) is 26.0 Å². The van der Waals surface area contributed by atoms with Crippen LogP contribution >= 0.6 is 0 Å². The summed E-state index contributed by atoms with van der Waals surface area (Å²) in [6, 6.07) is 0. The van der Waals surface area contributed by atoms with E-state index >= 15 is 0 Å². The summed E-state index contributed by atoms with van der Waals surface area (Å²) in [6.07, 6.45) is 2.33. The summed E-state index contributed by atoms with van der Waals surface area (Å²) in [5.74, 6) is -0.976. The van der Waals surface area contributed by atoms with Crippen molar-refractivity contribution in [2.24, 2.45) is 0 Å². The van der Waals surface area contributed by atoms with Crippen LogP contribution in [0.25, 0.3) is 0 Å². The van der Waals surface area contributed by atoms with Gasteiger partial charge in [0.05, 0.1) is 0 Å². The molecule has 1 atom stereocenters. The third-order valence-corrected chi connectivity index (χ3v) is 1.25. The Bertz CT molecular complexity index is 131. The molecule has 0 aliphatic rings. The molecule has 0 radical (unpaired) electrons. The van der Waals surface area contributed by atoms with Crippen LogP contribution in [0.15, 0.2) is 12.7 Å². The molecule has 1 unspecified atom stereocenters. The molecule has 0 bridgehead atoms. The Labute approximate surface area is 66.7 Å². The van der Waals surface area contributed by atoms with Gasteiger partial charge in [0.1, 0.15) is 0 Å². The molecule has 0 spiro atoms. The Morgan fingerprint density at radius 2 is 2.45 bits per heavy atom. The quantitative estimate of drug-likeness (QED) is 0.470. The van der Waals surface area contributed by atoms with Gasteiger partial charge in [0, 0.05) is 6.61 Å². The topological polar surface area (TPSA) is 46.5 Å². The van der Waals surface area contributed by atoms with Crippen LogP contribution in [0.2, 0.25) is 0 Å². The summed E-state index contributed by atoms with van der Waals surface area (Å²) in [4.78, 5) is 10.3. The Morgan fingerprint density at radius 3 is 2.82 bits per heavy atom. The van der Waals surface area contributed by atoms with Gasteiger partial charge in [-0.25, -0.2) is 4.79 Å². The summed E-state index contributed by atoms with van der Waals surface area (Å²) in [5, 5.41) is 8.48. The lowest BCUT2D eigenvalue weighted by Crippen LogP contribution is -2.21. The predicted molar refractivity (Wildman–Crippen MR) is 42.5 cm³/mol. The highest BCUT2D eigenvalue weighted by Crippen LogP contribution is 1.96. The maximum absolute atomic E-state index is 10.3. The molecular formula is C8H14O3. The molecule has 64 valence electrons. The number of aliphatic carboxylic acids is 1. The molecule has 0 aromatic rings. The highest BCUT2D eigenvalue weighted by molar-refractivity contribution is 5.74. The molecule has 0 rings (SSSR count). The molecule has 0 aromatic heterocycles. The second kappa shape index (κ2) is 5.92. The molecule has 11 heavy (non-hydrogen) atoms. The summed E-state index contributed by atoms with van der Waals surface area (Å²) < 4.78 is 4.98. The summed E-state index contributed by atoms with van der Waals surface area (Å²) >= 11 is 0. The second-order valence-electron chi connectivity index (χ2n) is 2.22. The van der Waals surface area contributed by atoms with Crippen LogP contribution in [0.1, 0.15) is 19.8 Å². The molecule has 3 nitrogen and oxygen atoms in total. The van der Waals surface area contributed by atoms with E-state index in [0.29, 0.717) is 6.61 Å². The first kappa shape index (κ1) is 10.2. The monoisotopic (exact) mass is 158 g/mol. The molecule has 0 saturated carbocycles. The highest BCUT2D eigenvalue weighted by atomic mass is 16.5. The fourth-order valence-corrected chi connectivity index (χ4v) is 0.595. The van der Waals surface area contributed by atoms with E-state index in [9.17, 15) is 4.79 Å². The zero-order valence-electron chi connectivity index (χ0n) is 6.75. The maximum atomic E-state index is 10.3. The van der Waals surface area contributed by atoms with Crippen molar-refractivity contribution >= 4 is 5.97 Å². The van der Waals surface area contributed by atoms with Crippen molar-refractivity contribution in [3.05, 3.63) is 12.7 Å². The minimum absolute atomic E-state index is 0.486. The first-order valence-electron chi connectivity index (χ1n) is 3.69. The van der Waals surface area contributed by atoms with Crippen molar-refractivity contribution in [1.29, 1.82) is 0 Å². The van der Waals surface area contributed by atoms with Crippen LogP contribution in [-0.2, 0) is 9.53 Å². The lowest BCUT2D eigenvalue weighted by molar-refractivity contribution is -0.147. The number of hydrogen-bond acceptors (Lipinski definition) is 2. The number of rotatable bonds is 6. The summed E-state index contributed by atoms with van der Waals surface area (Å²) in [5.41, 5.74) is 0. The van der Waals surface area contributed by atoms with Crippen molar-refractivity contribution in [2.45, 2.75) is 25.9 Å². The van der Waals surface area contributed by atoms with Gasteiger partial charge in [-0.3, -0.25) is 0 Å². The third-order valence-electron chi connectivity index (χ3n) is 1.25. The molecule has 0 aliphatic carbocycles. The van der Waals surface area contributed by atoms with Gasteiger partial charge in [-0.05, 0) is 6.42 Å². The van der Waals surface area contributed by atoms with Crippen LogP contribution in [0.5, 0.6) is 0 Å². The van der Waals surface area contributed by atoms with E-state index in [1.54, 1.807) is 0 Å². The SMILES string of the molecule is C=CC(OCCCC)C(=O)O. The maximum Gasteiger partial charge on any atom is 0.336 e. The van der Waals surface area contributed by atoms with Crippen LogP contribution in [0, 0.1) is 0 Å². The van der Waals surface area contributed by atoms with E-state index in [0.717, 1.165) is 12.8 Å².